The molecule has 0 aliphatic heterocycles. The number of aromatic nitrogens is 3. The maximum Gasteiger partial charge on any atom is 0.235 e. The molecule has 0 saturated heterocycles. The molecule has 0 aliphatic rings. The molecular formula is C50H27N3OS. The summed E-state index contributed by atoms with van der Waals surface area (Å²) in [4.78, 5) is 11.0. The second-order valence-electron chi connectivity index (χ2n) is 14.4. The van der Waals surface area contributed by atoms with Crippen molar-refractivity contribution in [2.45, 2.75) is 0 Å². The molecule has 5 heteroatoms. The fourth-order valence-electron chi connectivity index (χ4n) is 9.29. The van der Waals surface area contributed by atoms with Crippen molar-refractivity contribution in [1.29, 1.82) is 0 Å². The van der Waals surface area contributed by atoms with Crippen LogP contribution in [-0.2, 0) is 0 Å². The van der Waals surface area contributed by atoms with Crippen LogP contribution < -0.4 is 0 Å². The van der Waals surface area contributed by atoms with Crippen molar-refractivity contribution in [2.24, 2.45) is 0 Å². The summed E-state index contributed by atoms with van der Waals surface area (Å²) in [6.45, 7) is 0. The second kappa shape index (κ2) is 10.8. The molecule has 0 aliphatic carbocycles. The number of benzene rings is 9. The SMILES string of the molecule is c1ccc2c(-c3ccc4oc5ccccc5c4c3)nc(-n3c4ccccc4c4c5c6ccccc6c6ccccc6c5c5c6ccccc6sc5c43)nc2c1. The van der Waals surface area contributed by atoms with Crippen molar-refractivity contribution in [3.63, 3.8) is 0 Å². The molecule has 55 heavy (non-hydrogen) atoms. The van der Waals surface area contributed by atoms with Gasteiger partial charge in [-0.3, -0.25) is 4.57 Å². The number of fused-ring (bicyclic) bond motifs is 19. The molecule has 9 aromatic carbocycles. The van der Waals surface area contributed by atoms with Gasteiger partial charge in [0.05, 0.1) is 26.9 Å². The van der Waals surface area contributed by atoms with Gasteiger partial charge in [-0.05, 0) is 64.0 Å². The molecule has 4 nitrogen and oxygen atoms in total. The van der Waals surface area contributed by atoms with Crippen molar-refractivity contribution in [1.82, 2.24) is 14.5 Å². The van der Waals surface area contributed by atoms with Crippen molar-refractivity contribution in [2.75, 3.05) is 0 Å². The highest BCUT2D eigenvalue weighted by atomic mass is 32.1. The first-order valence-electron chi connectivity index (χ1n) is 18.6. The van der Waals surface area contributed by atoms with Gasteiger partial charge in [0.25, 0.3) is 0 Å². The quantitative estimate of drug-likeness (QED) is 0.167. The number of hydrogen-bond donors (Lipinski definition) is 0. The van der Waals surface area contributed by atoms with Gasteiger partial charge in [0, 0.05) is 58.7 Å². The second-order valence-corrected chi connectivity index (χ2v) is 15.5. The number of para-hydroxylation sites is 3. The molecule has 0 atom stereocenters. The number of thiophene rings is 1. The summed E-state index contributed by atoms with van der Waals surface area (Å²) in [6, 6.07) is 58.5. The zero-order chi connectivity index (χ0) is 35.8. The molecule has 0 N–H and O–H groups in total. The van der Waals surface area contributed by atoms with E-state index in [-0.39, 0.29) is 0 Å². The van der Waals surface area contributed by atoms with Gasteiger partial charge < -0.3 is 4.42 Å². The lowest BCUT2D eigenvalue weighted by atomic mass is 9.89. The Kier molecular flexibility index (Phi) is 5.74. The first-order chi connectivity index (χ1) is 27.3. The van der Waals surface area contributed by atoms with E-state index in [2.05, 4.69) is 156 Å². The molecule has 254 valence electrons. The Bertz CT molecular complexity index is 3790. The van der Waals surface area contributed by atoms with Crippen LogP contribution in [0.5, 0.6) is 0 Å². The molecular weight excluding hydrogens is 691 g/mol. The Hall–Kier alpha value is -7.08. The van der Waals surface area contributed by atoms with Crippen LogP contribution in [0.4, 0.5) is 0 Å². The highest BCUT2D eigenvalue weighted by molar-refractivity contribution is 7.27. The number of hydrogen-bond acceptors (Lipinski definition) is 4. The van der Waals surface area contributed by atoms with Crippen LogP contribution in [-0.4, -0.2) is 14.5 Å². The van der Waals surface area contributed by atoms with E-state index < -0.39 is 0 Å². The lowest BCUT2D eigenvalue weighted by molar-refractivity contribution is 0.669. The zero-order valence-electron chi connectivity index (χ0n) is 29.2. The minimum absolute atomic E-state index is 0.653. The van der Waals surface area contributed by atoms with Crippen LogP contribution in [0.15, 0.2) is 168 Å². The Morgan fingerprint density at radius 3 is 1.84 bits per heavy atom. The predicted octanol–water partition coefficient (Wildman–Crippen LogP) is 14.1. The van der Waals surface area contributed by atoms with E-state index in [1.807, 2.05) is 23.5 Å². The van der Waals surface area contributed by atoms with Crippen LogP contribution in [0.1, 0.15) is 0 Å². The molecule has 4 heterocycles. The molecule has 0 radical (unpaired) electrons. The van der Waals surface area contributed by atoms with Crippen molar-refractivity contribution in [3.8, 4) is 17.2 Å². The van der Waals surface area contributed by atoms with E-state index in [1.165, 1.54) is 63.3 Å². The summed E-state index contributed by atoms with van der Waals surface area (Å²) >= 11 is 1.86. The maximum absolute atomic E-state index is 6.23. The first-order valence-corrected chi connectivity index (χ1v) is 19.4. The van der Waals surface area contributed by atoms with E-state index in [9.17, 15) is 0 Å². The summed E-state index contributed by atoms with van der Waals surface area (Å²) in [5.74, 6) is 0.653. The van der Waals surface area contributed by atoms with Crippen LogP contribution in [0.2, 0.25) is 0 Å². The molecule has 13 aromatic rings. The van der Waals surface area contributed by atoms with E-state index in [0.717, 1.165) is 55.1 Å². The third kappa shape index (κ3) is 3.89. The predicted molar refractivity (Wildman–Crippen MR) is 232 cm³/mol. The minimum atomic E-state index is 0.653. The van der Waals surface area contributed by atoms with Gasteiger partial charge in [0.2, 0.25) is 5.95 Å². The van der Waals surface area contributed by atoms with Gasteiger partial charge in [-0.15, -0.1) is 11.3 Å². The summed E-state index contributed by atoms with van der Waals surface area (Å²) in [5.41, 5.74) is 6.78. The monoisotopic (exact) mass is 717 g/mol. The topological polar surface area (TPSA) is 43.9 Å². The third-order valence-corrected chi connectivity index (χ3v) is 12.7. The fraction of sp³-hybridized carbons (Fsp3) is 0. The summed E-state index contributed by atoms with van der Waals surface area (Å²) in [7, 11) is 0. The van der Waals surface area contributed by atoms with Gasteiger partial charge in [0.15, 0.2) is 0 Å². The number of nitrogens with zero attached hydrogens (tertiary/aromatic N) is 3. The highest BCUT2D eigenvalue weighted by Crippen LogP contribution is 2.51. The number of furan rings is 1. The molecule has 0 fully saturated rings. The van der Waals surface area contributed by atoms with Gasteiger partial charge >= 0.3 is 0 Å². The third-order valence-electron chi connectivity index (χ3n) is 11.6. The molecule has 0 amide bonds. The summed E-state index contributed by atoms with van der Waals surface area (Å²) < 4.78 is 11.1. The summed E-state index contributed by atoms with van der Waals surface area (Å²) in [6.07, 6.45) is 0. The van der Waals surface area contributed by atoms with Gasteiger partial charge in [-0.2, -0.15) is 0 Å². The van der Waals surface area contributed by atoms with Crippen molar-refractivity contribution in [3.05, 3.63) is 164 Å². The van der Waals surface area contributed by atoms with Crippen LogP contribution in [0.3, 0.4) is 0 Å². The van der Waals surface area contributed by atoms with Gasteiger partial charge in [-0.25, -0.2) is 9.97 Å². The average Bonchev–Trinajstić information content (AvgIpc) is 3.93. The van der Waals surface area contributed by atoms with Gasteiger partial charge in [-0.1, -0.05) is 121 Å². The number of rotatable bonds is 2. The molecule has 0 spiro atoms. The van der Waals surface area contributed by atoms with Crippen LogP contribution in [0.25, 0.3) is 124 Å². The van der Waals surface area contributed by atoms with Crippen LogP contribution in [0, 0.1) is 0 Å². The molecule has 13 rings (SSSR count). The van der Waals surface area contributed by atoms with Gasteiger partial charge in [0.1, 0.15) is 11.2 Å². The van der Waals surface area contributed by atoms with E-state index >= 15 is 0 Å². The normalized spacial score (nSPS) is 12.4. The summed E-state index contributed by atoms with van der Waals surface area (Å²) in [5, 5.41) is 15.8. The van der Waals surface area contributed by atoms with Crippen molar-refractivity contribution >= 4 is 118 Å². The first kappa shape index (κ1) is 29.4. The highest BCUT2D eigenvalue weighted by Gasteiger charge is 2.26. The average molecular weight is 718 g/mol. The Balaban J connectivity index is 1.25. The molecule has 0 unspecified atom stereocenters. The smallest absolute Gasteiger partial charge is 0.235 e. The lowest BCUT2D eigenvalue weighted by Gasteiger charge is -2.15. The minimum Gasteiger partial charge on any atom is -0.456 e. The Morgan fingerprint density at radius 1 is 0.436 bits per heavy atom. The largest absolute Gasteiger partial charge is 0.456 e. The molecule has 0 bridgehead atoms. The molecule has 4 aromatic heterocycles. The zero-order valence-corrected chi connectivity index (χ0v) is 30.1. The van der Waals surface area contributed by atoms with E-state index in [4.69, 9.17) is 14.4 Å². The van der Waals surface area contributed by atoms with Crippen LogP contribution >= 0.6 is 11.3 Å². The Labute approximate surface area is 317 Å². The Morgan fingerprint density at radius 2 is 1.04 bits per heavy atom. The maximum atomic E-state index is 6.23. The van der Waals surface area contributed by atoms with E-state index in [1.54, 1.807) is 0 Å². The standard InChI is InChI=1S/C50H27N3OS/c1-3-16-32-29(13-1)30-14-2-4-17-33(30)44-43(32)45-35-19-6-10-22-39(35)53(48(45)49-46(44)36-20-8-12-24-42(36)55-49)50-51-38-21-9-5-18-34(38)47(52-50)28-25-26-41-37(27-28)31-15-7-11-23-40(31)54-41/h1-27H. The lowest BCUT2D eigenvalue weighted by Crippen LogP contribution is -2.03. The van der Waals surface area contributed by atoms with E-state index in [0.29, 0.717) is 5.95 Å². The fourth-order valence-corrected chi connectivity index (χ4v) is 10.5. The molecule has 0 saturated carbocycles. The van der Waals surface area contributed by atoms with Crippen molar-refractivity contribution < 1.29 is 4.42 Å².